The van der Waals surface area contributed by atoms with Gasteiger partial charge in [0.1, 0.15) is 5.52 Å². The number of sulfonamides is 1. The third-order valence-corrected chi connectivity index (χ3v) is 7.36. The van der Waals surface area contributed by atoms with Gasteiger partial charge >= 0.3 is 5.51 Å². The Morgan fingerprint density at radius 2 is 1.83 bits per heavy atom. The zero-order valence-corrected chi connectivity index (χ0v) is 16.7. The summed E-state index contributed by atoms with van der Waals surface area (Å²) in [4.78, 5) is 4.39. The topological polar surface area (TPSA) is 63.4 Å². The largest absolute Gasteiger partial charge is 0.446 e. The first kappa shape index (κ1) is 20.2. The van der Waals surface area contributed by atoms with E-state index in [4.69, 9.17) is 4.42 Å². The van der Waals surface area contributed by atoms with Gasteiger partial charge in [0.25, 0.3) is 0 Å². The minimum absolute atomic E-state index is 0.0257. The molecule has 2 heterocycles. The highest BCUT2D eigenvalue weighted by Gasteiger charge is 2.33. The molecule has 0 saturated carbocycles. The Morgan fingerprint density at radius 3 is 2.52 bits per heavy atom. The van der Waals surface area contributed by atoms with Crippen molar-refractivity contribution in [2.24, 2.45) is 0 Å². The van der Waals surface area contributed by atoms with Gasteiger partial charge in [-0.3, -0.25) is 0 Å². The second kappa shape index (κ2) is 7.66. The molecular weight excluding hydrogens is 425 g/mol. The summed E-state index contributed by atoms with van der Waals surface area (Å²) in [5.74, 6) is 0.328. The number of oxazole rings is 1. The standard InChI is InChI=1S/C19H17F3N2O3S2/c20-19(21,22)28-14-7-9-15(10-8-14)29(25,26)24-11-3-4-13(12-24)18-23-16-5-1-2-6-17(16)27-18/h1-2,5-10,13H,3-4,11-12H2. The number of alkyl halides is 3. The van der Waals surface area contributed by atoms with Gasteiger partial charge in [-0.05, 0) is 61.0 Å². The number of benzene rings is 2. The van der Waals surface area contributed by atoms with Gasteiger partial charge < -0.3 is 4.42 Å². The molecule has 1 aromatic heterocycles. The Bertz CT molecular complexity index is 1080. The highest BCUT2D eigenvalue weighted by molar-refractivity contribution is 8.00. The highest BCUT2D eigenvalue weighted by atomic mass is 32.2. The summed E-state index contributed by atoms with van der Waals surface area (Å²) in [6, 6.07) is 12.1. The molecule has 0 bridgehead atoms. The number of fused-ring (bicyclic) bond motifs is 1. The smallest absolute Gasteiger partial charge is 0.440 e. The van der Waals surface area contributed by atoms with Crippen LogP contribution in [0.2, 0.25) is 0 Å². The number of para-hydroxylation sites is 2. The molecule has 154 valence electrons. The molecule has 3 aromatic rings. The van der Waals surface area contributed by atoms with Crippen molar-refractivity contribution in [2.45, 2.75) is 34.1 Å². The van der Waals surface area contributed by atoms with Crippen LogP contribution in [0.4, 0.5) is 13.2 Å². The van der Waals surface area contributed by atoms with Crippen molar-refractivity contribution in [1.82, 2.24) is 9.29 Å². The van der Waals surface area contributed by atoms with Crippen LogP contribution in [0.5, 0.6) is 0 Å². The average Bonchev–Trinajstić information content (AvgIpc) is 3.12. The number of aromatic nitrogens is 1. The van der Waals surface area contributed by atoms with Crippen molar-refractivity contribution in [3.63, 3.8) is 0 Å². The maximum atomic E-state index is 13.0. The van der Waals surface area contributed by atoms with E-state index in [0.29, 0.717) is 24.4 Å². The van der Waals surface area contributed by atoms with Crippen LogP contribution in [0.15, 0.2) is 62.7 Å². The van der Waals surface area contributed by atoms with E-state index in [9.17, 15) is 21.6 Å². The molecule has 1 aliphatic heterocycles. The number of halogens is 3. The average molecular weight is 442 g/mol. The van der Waals surface area contributed by atoms with Gasteiger partial charge in [-0.15, -0.1) is 0 Å². The van der Waals surface area contributed by atoms with Crippen LogP contribution < -0.4 is 0 Å². The molecule has 0 radical (unpaired) electrons. The van der Waals surface area contributed by atoms with Crippen molar-refractivity contribution < 1.29 is 26.0 Å². The number of rotatable bonds is 4. The van der Waals surface area contributed by atoms with E-state index >= 15 is 0 Å². The first-order valence-electron chi connectivity index (χ1n) is 8.94. The summed E-state index contributed by atoms with van der Waals surface area (Å²) < 4.78 is 70.5. The fourth-order valence-corrected chi connectivity index (χ4v) is 5.45. The van der Waals surface area contributed by atoms with E-state index in [0.717, 1.165) is 11.9 Å². The second-order valence-corrected chi connectivity index (χ2v) is 9.82. The van der Waals surface area contributed by atoms with Gasteiger partial charge in [-0.2, -0.15) is 17.5 Å². The zero-order chi connectivity index (χ0) is 20.6. The first-order chi connectivity index (χ1) is 13.7. The van der Waals surface area contributed by atoms with E-state index in [2.05, 4.69) is 4.98 Å². The summed E-state index contributed by atoms with van der Waals surface area (Å²) in [6.07, 6.45) is 1.39. The summed E-state index contributed by atoms with van der Waals surface area (Å²) >= 11 is -0.274. The van der Waals surface area contributed by atoms with Gasteiger partial charge in [0, 0.05) is 23.9 Å². The van der Waals surface area contributed by atoms with Crippen molar-refractivity contribution in [2.75, 3.05) is 13.1 Å². The summed E-state index contributed by atoms with van der Waals surface area (Å²) in [5.41, 5.74) is -3.04. The molecule has 1 atom stereocenters. The lowest BCUT2D eigenvalue weighted by Gasteiger charge is -2.30. The summed E-state index contributed by atoms with van der Waals surface area (Å²) in [6.45, 7) is 0.562. The second-order valence-electron chi connectivity index (χ2n) is 6.74. The molecule has 10 heteroatoms. The van der Waals surface area contributed by atoms with E-state index in [1.165, 1.54) is 28.6 Å². The lowest BCUT2D eigenvalue weighted by atomic mass is 10.00. The monoisotopic (exact) mass is 442 g/mol. The Balaban J connectivity index is 1.53. The highest BCUT2D eigenvalue weighted by Crippen LogP contribution is 2.37. The predicted molar refractivity (Wildman–Crippen MR) is 103 cm³/mol. The summed E-state index contributed by atoms with van der Waals surface area (Å²) in [5, 5.41) is 0. The van der Waals surface area contributed by atoms with Gasteiger partial charge in [-0.1, -0.05) is 12.1 Å². The number of nitrogens with zero attached hydrogens (tertiary/aromatic N) is 2. The quantitative estimate of drug-likeness (QED) is 0.532. The van der Waals surface area contributed by atoms with E-state index in [1.807, 2.05) is 24.3 Å². The zero-order valence-electron chi connectivity index (χ0n) is 15.1. The fourth-order valence-electron chi connectivity index (χ4n) is 3.39. The number of hydrogen-bond donors (Lipinski definition) is 0. The Kier molecular flexibility index (Phi) is 5.34. The molecule has 1 unspecified atom stereocenters. The number of thioether (sulfide) groups is 1. The van der Waals surface area contributed by atoms with E-state index in [1.54, 1.807) is 0 Å². The molecule has 0 spiro atoms. The molecular formula is C19H17F3N2O3S2. The van der Waals surface area contributed by atoms with E-state index in [-0.39, 0.29) is 34.0 Å². The van der Waals surface area contributed by atoms with Gasteiger partial charge in [0.2, 0.25) is 10.0 Å². The lowest BCUT2D eigenvalue weighted by Crippen LogP contribution is -2.39. The van der Waals surface area contributed by atoms with Crippen molar-refractivity contribution in [3.05, 3.63) is 54.4 Å². The molecule has 0 amide bonds. The lowest BCUT2D eigenvalue weighted by molar-refractivity contribution is -0.0328. The van der Waals surface area contributed by atoms with Gasteiger partial charge in [-0.25, -0.2) is 13.4 Å². The molecule has 0 aliphatic carbocycles. The van der Waals surface area contributed by atoms with Gasteiger partial charge in [0.05, 0.1) is 4.90 Å². The molecule has 1 saturated heterocycles. The molecule has 2 aromatic carbocycles. The Morgan fingerprint density at radius 1 is 1.10 bits per heavy atom. The van der Waals surface area contributed by atoms with E-state index < -0.39 is 15.5 Å². The fraction of sp³-hybridized carbons (Fsp3) is 0.316. The first-order valence-corrected chi connectivity index (χ1v) is 11.2. The molecule has 1 aliphatic rings. The third-order valence-electron chi connectivity index (χ3n) is 4.74. The predicted octanol–water partition coefficient (Wildman–Crippen LogP) is 5.01. The van der Waals surface area contributed by atoms with Crippen molar-refractivity contribution in [1.29, 1.82) is 0 Å². The Hall–Kier alpha value is -2.04. The van der Waals surface area contributed by atoms with Crippen molar-refractivity contribution >= 4 is 32.9 Å². The van der Waals surface area contributed by atoms with Crippen LogP contribution in [-0.4, -0.2) is 36.3 Å². The van der Waals surface area contributed by atoms with Crippen LogP contribution >= 0.6 is 11.8 Å². The Labute approximate surface area is 170 Å². The maximum Gasteiger partial charge on any atom is 0.446 e. The maximum absolute atomic E-state index is 13.0. The number of piperidine rings is 1. The van der Waals surface area contributed by atoms with Crippen molar-refractivity contribution in [3.8, 4) is 0 Å². The van der Waals surface area contributed by atoms with Gasteiger partial charge in [0.15, 0.2) is 11.5 Å². The summed E-state index contributed by atoms with van der Waals surface area (Å²) in [7, 11) is -3.82. The third kappa shape index (κ3) is 4.44. The minimum Gasteiger partial charge on any atom is -0.440 e. The van der Waals surface area contributed by atoms with Crippen LogP contribution in [0, 0.1) is 0 Å². The number of hydrogen-bond acceptors (Lipinski definition) is 5. The molecule has 29 heavy (non-hydrogen) atoms. The van der Waals surface area contributed by atoms with Crippen LogP contribution in [0.1, 0.15) is 24.7 Å². The molecule has 1 fully saturated rings. The molecule has 0 N–H and O–H groups in total. The minimum atomic E-state index is -4.42. The normalized spacial score (nSPS) is 18.9. The van der Waals surface area contributed by atoms with Crippen LogP contribution in [0.25, 0.3) is 11.1 Å². The molecule has 4 rings (SSSR count). The van der Waals surface area contributed by atoms with Crippen LogP contribution in [0.3, 0.4) is 0 Å². The van der Waals surface area contributed by atoms with Crippen LogP contribution in [-0.2, 0) is 10.0 Å². The molecule has 5 nitrogen and oxygen atoms in total. The SMILES string of the molecule is O=S(=O)(c1ccc(SC(F)(F)F)cc1)N1CCCC(c2nc3ccccc3o2)C1.